The Kier molecular flexibility index (Phi) is 11.5. The summed E-state index contributed by atoms with van der Waals surface area (Å²) < 4.78 is 86.2. The van der Waals surface area contributed by atoms with Crippen LogP contribution in [0.25, 0.3) is 0 Å². The van der Waals surface area contributed by atoms with Crippen LogP contribution in [-0.2, 0) is 14.0 Å². The molecule has 45 heavy (non-hydrogen) atoms. The average Bonchev–Trinajstić information content (AvgIpc) is 3.02. The number of nitro groups is 2. The fraction of sp³-hybridized carbons (Fsp3) is 1.00. The van der Waals surface area contributed by atoms with Crippen LogP contribution < -0.4 is 0 Å². The van der Waals surface area contributed by atoms with E-state index in [9.17, 15) is 33.4 Å². The number of halogens is 4. The van der Waals surface area contributed by atoms with Crippen molar-refractivity contribution in [1.29, 1.82) is 0 Å². The van der Waals surface area contributed by atoms with Crippen molar-refractivity contribution >= 4 is 7.14 Å². The van der Waals surface area contributed by atoms with E-state index in [1.165, 1.54) is 0 Å². The summed E-state index contributed by atoms with van der Waals surface area (Å²) in [5.41, 5.74) is -0.495. The van der Waals surface area contributed by atoms with Gasteiger partial charge in [0.25, 0.3) is 0 Å². The second-order valence-electron chi connectivity index (χ2n) is 14.4. The van der Waals surface area contributed by atoms with Crippen molar-refractivity contribution in [3.8, 4) is 0 Å². The largest absolute Gasteiger partial charge is 0.394 e. The summed E-state index contributed by atoms with van der Waals surface area (Å²) >= 11 is 0. The fourth-order valence-electron chi connectivity index (χ4n) is 9.30. The third-order valence-electron chi connectivity index (χ3n) is 11.7. The van der Waals surface area contributed by atoms with Crippen LogP contribution in [0.4, 0.5) is 17.6 Å². The molecule has 0 N–H and O–H groups in total. The van der Waals surface area contributed by atoms with Crippen molar-refractivity contribution in [2.24, 2.45) is 5.92 Å². The summed E-state index contributed by atoms with van der Waals surface area (Å²) in [4.78, 5) is 21.6. The Morgan fingerprint density at radius 2 is 1.13 bits per heavy atom. The third-order valence-corrected chi connectivity index (χ3v) is 16.6. The zero-order chi connectivity index (χ0) is 32.4. The van der Waals surface area contributed by atoms with E-state index in [-0.39, 0.29) is 49.8 Å². The minimum absolute atomic E-state index is 0.00551. The van der Waals surface area contributed by atoms with Gasteiger partial charge in [0.1, 0.15) is 6.17 Å². The molecule has 9 unspecified atom stereocenters. The van der Waals surface area contributed by atoms with E-state index >= 15 is 8.96 Å². The van der Waals surface area contributed by atoms with Crippen molar-refractivity contribution in [3.05, 3.63) is 20.2 Å². The standard InChI is InChI=1S/C31H49F4N2O7P/c32-26-18-21(37(40)41)12-15-28(26)44-29-16-13-22(43-27-14-11-20(36(38)39)17-25(27)31(33,34)35)19-30(29)45(42,23-7-3-1-4-8-23)24-9-5-2-6-10-24/h20-30H,1-19H2. The van der Waals surface area contributed by atoms with Crippen LogP contribution in [0.2, 0.25) is 0 Å². The highest BCUT2D eigenvalue weighted by Gasteiger charge is 2.55. The van der Waals surface area contributed by atoms with Gasteiger partial charge in [-0.05, 0) is 57.8 Å². The predicted octanol–water partition coefficient (Wildman–Crippen LogP) is 8.25. The molecule has 0 heterocycles. The summed E-state index contributed by atoms with van der Waals surface area (Å²) in [6.07, 6.45) is 0.514. The Morgan fingerprint density at radius 3 is 1.64 bits per heavy atom. The first-order valence-corrected chi connectivity index (χ1v) is 19.2. The molecule has 5 saturated carbocycles. The molecule has 9 nitrogen and oxygen atoms in total. The quantitative estimate of drug-likeness (QED) is 0.105. The van der Waals surface area contributed by atoms with E-state index in [1.807, 2.05) is 0 Å². The van der Waals surface area contributed by atoms with Crippen LogP contribution in [0.3, 0.4) is 0 Å². The summed E-state index contributed by atoms with van der Waals surface area (Å²) in [7, 11) is -3.03. The maximum absolute atomic E-state index is 15.8. The number of ether oxygens (including phenoxy) is 2. The van der Waals surface area contributed by atoms with Crippen LogP contribution in [0.1, 0.15) is 122 Å². The number of rotatable bonds is 9. The Morgan fingerprint density at radius 1 is 0.622 bits per heavy atom. The molecule has 5 aliphatic carbocycles. The lowest BCUT2D eigenvalue weighted by Gasteiger charge is -2.49. The number of nitrogens with zero attached hydrogens (tertiary/aromatic N) is 2. The average molecular weight is 669 g/mol. The molecule has 0 aromatic carbocycles. The fourth-order valence-corrected chi connectivity index (χ4v) is 14.6. The minimum atomic E-state index is -4.64. The summed E-state index contributed by atoms with van der Waals surface area (Å²) in [5.74, 6) is -1.94. The van der Waals surface area contributed by atoms with Crippen molar-refractivity contribution in [1.82, 2.24) is 0 Å². The molecule has 0 bridgehead atoms. The number of hydrogen-bond acceptors (Lipinski definition) is 7. The van der Waals surface area contributed by atoms with Crippen LogP contribution >= 0.6 is 7.14 Å². The van der Waals surface area contributed by atoms with Crippen LogP contribution in [0.15, 0.2) is 0 Å². The second kappa shape index (κ2) is 14.8. The summed E-state index contributed by atoms with van der Waals surface area (Å²) in [5, 5.41) is 22.7. The van der Waals surface area contributed by atoms with Gasteiger partial charge in [0.15, 0.2) is 0 Å². The van der Waals surface area contributed by atoms with Gasteiger partial charge in [0.05, 0.1) is 37.5 Å². The lowest BCUT2D eigenvalue weighted by Crippen LogP contribution is -2.50. The van der Waals surface area contributed by atoms with E-state index in [4.69, 9.17) is 9.47 Å². The maximum Gasteiger partial charge on any atom is 0.394 e. The van der Waals surface area contributed by atoms with Gasteiger partial charge in [0, 0.05) is 52.5 Å². The van der Waals surface area contributed by atoms with Crippen LogP contribution in [-0.4, -0.2) is 75.7 Å². The predicted molar refractivity (Wildman–Crippen MR) is 160 cm³/mol. The van der Waals surface area contributed by atoms with E-state index in [0.29, 0.717) is 12.8 Å². The molecule has 5 aliphatic rings. The summed E-state index contributed by atoms with van der Waals surface area (Å²) in [6.45, 7) is 0. The topological polar surface area (TPSA) is 122 Å². The highest BCUT2D eigenvalue weighted by molar-refractivity contribution is 7.66. The lowest BCUT2D eigenvalue weighted by atomic mass is 9.82. The van der Waals surface area contributed by atoms with Gasteiger partial charge in [-0.1, -0.05) is 38.5 Å². The maximum atomic E-state index is 15.8. The third kappa shape index (κ3) is 8.04. The van der Waals surface area contributed by atoms with Crippen molar-refractivity contribution < 1.29 is 41.4 Å². The van der Waals surface area contributed by atoms with Gasteiger partial charge < -0.3 is 14.0 Å². The molecule has 5 rings (SSSR count). The Balaban J connectivity index is 1.40. The number of hydrogen-bond donors (Lipinski definition) is 0. The van der Waals surface area contributed by atoms with Crippen molar-refractivity contribution in [2.75, 3.05) is 0 Å². The molecule has 0 amide bonds. The van der Waals surface area contributed by atoms with Gasteiger partial charge in [-0.3, -0.25) is 20.2 Å². The molecular weight excluding hydrogens is 619 g/mol. The molecule has 0 radical (unpaired) electrons. The van der Waals surface area contributed by atoms with Gasteiger partial charge in [-0.15, -0.1) is 0 Å². The van der Waals surface area contributed by atoms with Crippen molar-refractivity contribution in [2.45, 2.75) is 188 Å². The van der Waals surface area contributed by atoms with E-state index < -0.39 is 83.8 Å². The molecule has 258 valence electrons. The molecule has 5 fully saturated rings. The highest BCUT2D eigenvalue weighted by atomic mass is 31.2. The summed E-state index contributed by atoms with van der Waals surface area (Å²) in [6, 6.07) is -2.22. The van der Waals surface area contributed by atoms with E-state index in [2.05, 4.69) is 0 Å². The first-order chi connectivity index (χ1) is 21.4. The second-order valence-corrected chi connectivity index (χ2v) is 18.1. The van der Waals surface area contributed by atoms with Crippen LogP contribution in [0, 0.1) is 26.1 Å². The smallest absolute Gasteiger partial charge is 0.374 e. The molecule has 0 aromatic heterocycles. The normalized spacial score (nSPS) is 38.1. The van der Waals surface area contributed by atoms with Crippen molar-refractivity contribution in [3.63, 3.8) is 0 Å². The van der Waals surface area contributed by atoms with Crippen LogP contribution in [0.5, 0.6) is 0 Å². The van der Waals surface area contributed by atoms with Gasteiger partial charge in [-0.25, -0.2) is 4.39 Å². The minimum Gasteiger partial charge on any atom is -0.374 e. The molecule has 0 saturated heterocycles. The molecular formula is C31H49F4N2O7P. The Hall–Kier alpha value is -1.33. The SMILES string of the molecule is O=[N+]([O-])C1CCC(OC2CCC(OC3CCC([N+](=O)[O-])CC3C(F)(F)F)CC2P(=O)(C2CCCCC2)C2CCCCC2)C(F)C1. The molecule has 14 heteroatoms. The zero-order valence-corrected chi connectivity index (χ0v) is 26.9. The Bertz CT molecular complexity index is 1050. The van der Waals surface area contributed by atoms with Gasteiger partial charge in [0.2, 0.25) is 12.1 Å². The number of alkyl halides is 4. The first kappa shape index (κ1) is 35.0. The van der Waals surface area contributed by atoms with Gasteiger partial charge in [-0.2, -0.15) is 13.2 Å². The Labute approximate surface area is 262 Å². The highest BCUT2D eigenvalue weighted by Crippen LogP contribution is 2.69. The molecule has 0 aliphatic heterocycles. The monoisotopic (exact) mass is 668 g/mol. The van der Waals surface area contributed by atoms with E-state index in [1.54, 1.807) is 0 Å². The molecule has 0 spiro atoms. The molecule has 9 atom stereocenters. The molecule has 0 aromatic rings. The lowest BCUT2D eigenvalue weighted by molar-refractivity contribution is -0.531. The van der Waals surface area contributed by atoms with E-state index in [0.717, 1.165) is 64.2 Å². The zero-order valence-electron chi connectivity index (χ0n) is 26.0. The van der Waals surface area contributed by atoms with Gasteiger partial charge >= 0.3 is 6.18 Å². The first-order valence-electron chi connectivity index (χ1n) is 17.3.